The van der Waals surface area contributed by atoms with Crippen LogP contribution in [0.25, 0.3) is 23.1 Å². The van der Waals surface area contributed by atoms with Crippen LogP contribution < -0.4 is 14.9 Å². The zero-order chi connectivity index (χ0) is 28.2. The third-order valence-electron chi connectivity index (χ3n) is 6.78. The second kappa shape index (κ2) is 12.3. The minimum Gasteiger partial charge on any atom is -0.496 e. The second-order valence-corrected chi connectivity index (χ2v) is 12.3. The fourth-order valence-corrected chi connectivity index (χ4v) is 5.75. The van der Waals surface area contributed by atoms with Crippen molar-refractivity contribution in [3.8, 4) is 17.1 Å². The molecular weight excluding hydrogens is 506 g/mol. The molecule has 0 aliphatic rings. The average Bonchev–Trinajstić information content (AvgIpc) is 3.60. The number of ketones is 1. The predicted octanol–water partition coefficient (Wildman–Crippen LogP) is 6.24. The standard InChI is InChI=1S/C31H41N5O2S/c1-8-10-16-35(17-11-9-2)27-15-13-23(39-27)20-25-28(31(4,5)6)34-36-29(32-33-30(25)36)24-19-22(18-21(3)37)12-14-26(24)38-7/h12-15,19-20H,8-11,16-18H2,1-7H3/b25-20-. The van der Waals surface area contributed by atoms with Gasteiger partial charge in [0.15, 0.2) is 11.5 Å². The summed E-state index contributed by atoms with van der Waals surface area (Å²) < 4.78 is 7.48. The smallest absolute Gasteiger partial charge is 0.189 e. The van der Waals surface area contributed by atoms with Crippen molar-refractivity contribution in [2.75, 3.05) is 25.1 Å². The summed E-state index contributed by atoms with van der Waals surface area (Å²) in [6.45, 7) is 14.8. The molecule has 0 unspecified atom stereocenters. The monoisotopic (exact) mass is 547 g/mol. The van der Waals surface area contributed by atoms with E-state index < -0.39 is 0 Å². The van der Waals surface area contributed by atoms with Crippen LogP contribution in [0.5, 0.6) is 5.75 Å². The molecule has 0 bridgehead atoms. The number of hydrogen-bond acceptors (Lipinski definition) is 7. The van der Waals surface area contributed by atoms with E-state index in [4.69, 9.17) is 9.84 Å². The molecule has 0 spiro atoms. The van der Waals surface area contributed by atoms with Crippen molar-refractivity contribution in [1.82, 2.24) is 19.8 Å². The molecule has 8 heteroatoms. The fraction of sp³-hybridized carbons (Fsp3) is 0.484. The molecule has 0 atom stereocenters. The lowest BCUT2D eigenvalue weighted by Crippen LogP contribution is -2.24. The molecule has 4 rings (SSSR count). The number of benzene rings is 1. The molecule has 7 nitrogen and oxygen atoms in total. The number of rotatable bonds is 12. The summed E-state index contributed by atoms with van der Waals surface area (Å²) in [5.41, 5.74) is 3.17. The molecule has 0 saturated heterocycles. The lowest BCUT2D eigenvalue weighted by Gasteiger charge is -2.22. The highest BCUT2D eigenvalue weighted by molar-refractivity contribution is 7.16. The first-order valence-corrected chi connectivity index (χ1v) is 14.8. The van der Waals surface area contributed by atoms with Gasteiger partial charge in [-0.2, -0.15) is 9.61 Å². The fourth-order valence-electron chi connectivity index (χ4n) is 4.75. The summed E-state index contributed by atoms with van der Waals surface area (Å²) in [5.74, 6) is 1.38. The Morgan fingerprint density at radius 2 is 1.79 bits per heavy atom. The van der Waals surface area contributed by atoms with E-state index in [1.165, 1.54) is 35.6 Å². The summed E-state index contributed by atoms with van der Waals surface area (Å²) in [7, 11) is 1.64. The van der Waals surface area contributed by atoms with E-state index in [0.29, 0.717) is 18.0 Å². The normalized spacial score (nSPS) is 12.4. The minimum absolute atomic E-state index is 0.106. The molecule has 0 aliphatic carbocycles. The molecular formula is C31H41N5O2S. The van der Waals surface area contributed by atoms with Crippen molar-refractivity contribution in [2.24, 2.45) is 0 Å². The zero-order valence-corrected chi connectivity index (χ0v) is 25.2. The van der Waals surface area contributed by atoms with Crippen molar-refractivity contribution in [2.45, 2.75) is 79.1 Å². The summed E-state index contributed by atoms with van der Waals surface area (Å²) >= 11 is 1.82. The van der Waals surface area contributed by atoms with Crippen LogP contribution in [-0.2, 0) is 16.6 Å². The second-order valence-electron chi connectivity index (χ2n) is 11.2. The molecule has 208 valence electrons. The number of anilines is 1. The average molecular weight is 548 g/mol. The van der Waals surface area contributed by atoms with Crippen LogP contribution in [0.4, 0.5) is 5.00 Å². The Morgan fingerprint density at radius 1 is 1.08 bits per heavy atom. The number of ether oxygens (including phenoxy) is 1. The van der Waals surface area contributed by atoms with Crippen molar-refractivity contribution >= 4 is 33.8 Å². The van der Waals surface area contributed by atoms with Crippen molar-refractivity contribution in [3.63, 3.8) is 0 Å². The topological polar surface area (TPSA) is 72.6 Å². The van der Waals surface area contributed by atoms with Gasteiger partial charge in [-0.05, 0) is 55.7 Å². The van der Waals surface area contributed by atoms with Crippen molar-refractivity contribution in [3.05, 3.63) is 51.7 Å². The lowest BCUT2D eigenvalue weighted by atomic mass is 9.91. The van der Waals surface area contributed by atoms with Gasteiger partial charge in [-0.25, -0.2) is 0 Å². The van der Waals surface area contributed by atoms with Gasteiger partial charge in [0.2, 0.25) is 0 Å². The van der Waals surface area contributed by atoms with E-state index in [2.05, 4.69) is 67.9 Å². The summed E-state index contributed by atoms with van der Waals surface area (Å²) in [6, 6.07) is 10.2. The number of fused-ring (bicyclic) bond motifs is 1. The molecule has 0 amide bonds. The van der Waals surface area contributed by atoms with E-state index in [0.717, 1.165) is 40.8 Å². The molecule has 0 fully saturated rings. The van der Waals surface area contributed by atoms with Gasteiger partial charge in [0.25, 0.3) is 0 Å². The first-order valence-electron chi connectivity index (χ1n) is 13.9. The van der Waals surface area contributed by atoms with Crippen LogP contribution >= 0.6 is 11.3 Å². The molecule has 0 aliphatic heterocycles. The maximum absolute atomic E-state index is 11.8. The Bertz CT molecular complexity index is 1470. The van der Waals surface area contributed by atoms with Crippen LogP contribution in [-0.4, -0.2) is 45.8 Å². The Hall–Kier alpha value is -3.26. The number of methoxy groups -OCH3 is 1. The van der Waals surface area contributed by atoms with Crippen LogP contribution in [0.1, 0.15) is 83.4 Å². The van der Waals surface area contributed by atoms with E-state index in [9.17, 15) is 4.79 Å². The van der Waals surface area contributed by atoms with Gasteiger partial charge in [0, 0.05) is 35.0 Å². The highest BCUT2D eigenvalue weighted by Gasteiger charge is 2.25. The number of thiophene rings is 1. The van der Waals surface area contributed by atoms with Gasteiger partial charge >= 0.3 is 0 Å². The van der Waals surface area contributed by atoms with Gasteiger partial charge in [0.1, 0.15) is 11.5 Å². The molecule has 39 heavy (non-hydrogen) atoms. The predicted molar refractivity (Wildman–Crippen MR) is 161 cm³/mol. The van der Waals surface area contributed by atoms with E-state index in [-0.39, 0.29) is 11.2 Å². The van der Waals surface area contributed by atoms with E-state index in [1.807, 2.05) is 34.1 Å². The minimum atomic E-state index is -0.196. The number of unbranched alkanes of at least 4 members (excludes halogenated alkanes) is 2. The summed E-state index contributed by atoms with van der Waals surface area (Å²) in [5, 5.41) is 16.5. The molecule has 4 aromatic rings. The van der Waals surface area contributed by atoms with Gasteiger partial charge in [-0.1, -0.05) is 53.5 Å². The first-order chi connectivity index (χ1) is 18.7. The molecule has 3 heterocycles. The molecule has 1 aromatic carbocycles. The molecule has 3 aromatic heterocycles. The van der Waals surface area contributed by atoms with Gasteiger partial charge in [-0.15, -0.1) is 21.5 Å². The number of nitrogens with zero attached hydrogens (tertiary/aromatic N) is 5. The third-order valence-corrected chi connectivity index (χ3v) is 7.87. The number of Topliss-reactive ketones (excluding diaryl/α,β-unsaturated/α-hetero) is 1. The number of hydrogen-bond donors (Lipinski definition) is 0. The quantitative estimate of drug-likeness (QED) is 0.209. The van der Waals surface area contributed by atoms with E-state index >= 15 is 0 Å². The van der Waals surface area contributed by atoms with Crippen LogP contribution in [0.15, 0.2) is 30.3 Å². The Labute approximate surface area is 235 Å². The zero-order valence-electron chi connectivity index (χ0n) is 24.4. The number of aromatic nitrogens is 4. The van der Waals surface area contributed by atoms with Crippen LogP contribution in [0.3, 0.4) is 0 Å². The highest BCUT2D eigenvalue weighted by atomic mass is 32.1. The lowest BCUT2D eigenvalue weighted by molar-refractivity contribution is -0.116. The third kappa shape index (κ3) is 6.49. The number of carbonyl (C=O) groups excluding carboxylic acids is 1. The summed E-state index contributed by atoms with van der Waals surface area (Å²) in [6.07, 6.45) is 7.34. The SMILES string of the molecule is CCCCN(CCCC)c1ccc(/C=c2/c(C(C)(C)C)nn3c(-c4cc(CC(C)=O)ccc4OC)nnc23)s1. The van der Waals surface area contributed by atoms with Crippen LogP contribution in [0, 0.1) is 0 Å². The van der Waals surface area contributed by atoms with Crippen molar-refractivity contribution < 1.29 is 9.53 Å². The Kier molecular flexibility index (Phi) is 9.05. The maximum atomic E-state index is 11.8. The first kappa shape index (κ1) is 28.7. The number of carbonyl (C=O) groups is 1. The molecule has 0 radical (unpaired) electrons. The molecule has 0 saturated carbocycles. The van der Waals surface area contributed by atoms with Crippen molar-refractivity contribution in [1.29, 1.82) is 0 Å². The summed E-state index contributed by atoms with van der Waals surface area (Å²) in [4.78, 5) is 15.5. The van der Waals surface area contributed by atoms with Crippen LogP contribution in [0.2, 0.25) is 0 Å². The Balaban J connectivity index is 1.82. The Morgan fingerprint density at radius 3 is 2.41 bits per heavy atom. The van der Waals surface area contributed by atoms with Gasteiger partial charge < -0.3 is 9.64 Å². The van der Waals surface area contributed by atoms with Gasteiger partial charge in [0.05, 0.1) is 23.4 Å². The van der Waals surface area contributed by atoms with E-state index in [1.54, 1.807) is 14.0 Å². The molecule has 0 N–H and O–H groups in total. The largest absolute Gasteiger partial charge is 0.496 e. The maximum Gasteiger partial charge on any atom is 0.189 e. The van der Waals surface area contributed by atoms with Gasteiger partial charge in [-0.3, -0.25) is 4.79 Å². The highest BCUT2D eigenvalue weighted by Crippen LogP contribution is 2.31.